The fourth-order valence-electron chi connectivity index (χ4n) is 2.87. The van der Waals surface area contributed by atoms with Crippen LogP contribution in [0.1, 0.15) is 5.56 Å². The molecule has 3 heterocycles. The number of nitrogens with two attached hydrogens (primary N) is 1. The maximum absolute atomic E-state index is 10.6. The lowest BCUT2D eigenvalue weighted by atomic mass is 10.1. The third kappa shape index (κ3) is 2.00. The molecule has 2 aliphatic heterocycles. The highest BCUT2D eigenvalue weighted by Gasteiger charge is 2.37. The Labute approximate surface area is 132 Å². The van der Waals surface area contributed by atoms with Crippen molar-refractivity contribution in [3.63, 3.8) is 0 Å². The van der Waals surface area contributed by atoms with Crippen molar-refractivity contribution in [1.29, 1.82) is 0 Å². The van der Waals surface area contributed by atoms with E-state index in [9.17, 15) is 5.11 Å². The van der Waals surface area contributed by atoms with Gasteiger partial charge in [-0.25, -0.2) is 5.43 Å². The van der Waals surface area contributed by atoms with E-state index in [4.69, 9.17) is 0 Å². The van der Waals surface area contributed by atoms with Crippen LogP contribution in [-0.4, -0.2) is 22.5 Å². The number of aryl methyl sites for hydroxylation is 1. The van der Waals surface area contributed by atoms with Crippen molar-refractivity contribution in [2.24, 2.45) is 0 Å². The summed E-state index contributed by atoms with van der Waals surface area (Å²) < 4.78 is 0. The minimum Gasteiger partial charge on any atom is -0.870 e. The summed E-state index contributed by atoms with van der Waals surface area (Å²) in [7, 11) is 1.97. The van der Waals surface area contributed by atoms with E-state index in [2.05, 4.69) is 36.7 Å². The zero-order valence-electron chi connectivity index (χ0n) is 12.3. The summed E-state index contributed by atoms with van der Waals surface area (Å²) in [5.74, 6) is 0.292. The molecular weight excluding hydrogens is 298 g/mol. The Balaban J connectivity index is 0.00000144. The van der Waals surface area contributed by atoms with E-state index in [0.717, 1.165) is 21.6 Å². The van der Waals surface area contributed by atoms with Crippen LogP contribution in [0.15, 0.2) is 47.3 Å². The van der Waals surface area contributed by atoms with Crippen LogP contribution in [0.5, 0.6) is 0 Å². The Morgan fingerprint density at radius 3 is 2.73 bits per heavy atom. The standard InChI is InChI=1S/C16H15N3OS.H2O/c1-10-7-13(21-9-10)19-16(20)15-14(17-19)12-6-4-3-5-11(12)8-18(15)2;/h3-9,17,20H,1-2H3;1H2. The molecule has 0 spiro atoms. The van der Waals surface area contributed by atoms with Crippen molar-refractivity contribution in [1.82, 2.24) is 4.90 Å². The zero-order valence-corrected chi connectivity index (χ0v) is 13.1. The summed E-state index contributed by atoms with van der Waals surface area (Å²) in [6, 6.07) is 10.4. The molecule has 0 saturated carbocycles. The largest absolute Gasteiger partial charge is 0.870 e. The van der Waals surface area contributed by atoms with Crippen molar-refractivity contribution in [2.75, 3.05) is 12.1 Å². The summed E-state index contributed by atoms with van der Waals surface area (Å²) in [5.41, 5.74) is 5.17. The molecule has 0 atom stereocenters. The fourth-order valence-corrected chi connectivity index (χ4v) is 3.75. The molecule has 0 saturated heterocycles. The predicted octanol–water partition coefficient (Wildman–Crippen LogP) is 0.397. The molecule has 0 radical (unpaired) electrons. The van der Waals surface area contributed by atoms with Gasteiger partial charge in [0.15, 0.2) is 16.4 Å². The maximum Gasteiger partial charge on any atom is 0.271 e. The first-order chi connectivity index (χ1) is 10.1. The number of anilines is 1. The monoisotopic (exact) mass is 315 g/mol. The summed E-state index contributed by atoms with van der Waals surface area (Å²) in [6.45, 7) is 2.07. The first-order valence-electron chi connectivity index (χ1n) is 6.82. The number of hydrogen-bond acceptors (Lipinski definition) is 5. The molecule has 114 valence electrons. The Morgan fingerprint density at radius 2 is 2.00 bits per heavy atom. The SMILES string of the molecule is Cc1csc(N2[NH2+]C3=c4ccccc4=CN(C)C3=C2O)c1.[OH-]. The number of hydrogen-bond donors (Lipinski definition) is 2. The van der Waals surface area contributed by atoms with Crippen LogP contribution >= 0.6 is 11.3 Å². The van der Waals surface area contributed by atoms with E-state index < -0.39 is 0 Å². The average molecular weight is 315 g/mol. The number of nitrogens with zero attached hydrogens (tertiary/aromatic N) is 2. The molecule has 5 nitrogen and oxygen atoms in total. The number of benzene rings is 1. The molecule has 2 aromatic rings. The van der Waals surface area contributed by atoms with Crippen LogP contribution in [0.3, 0.4) is 0 Å². The molecule has 1 aromatic heterocycles. The lowest BCUT2D eigenvalue weighted by molar-refractivity contribution is -0.567. The van der Waals surface area contributed by atoms with Gasteiger partial charge in [0.05, 0.1) is 0 Å². The molecule has 22 heavy (non-hydrogen) atoms. The van der Waals surface area contributed by atoms with E-state index in [1.807, 2.05) is 34.5 Å². The van der Waals surface area contributed by atoms with Crippen LogP contribution < -0.4 is 20.9 Å². The number of aliphatic hydroxyl groups excluding tert-OH is 1. The molecule has 0 unspecified atom stereocenters. The zero-order chi connectivity index (χ0) is 14.6. The highest BCUT2D eigenvalue weighted by molar-refractivity contribution is 7.14. The lowest BCUT2D eigenvalue weighted by Gasteiger charge is -2.16. The Kier molecular flexibility index (Phi) is 3.44. The minimum atomic E-state index is 0. The molecule has 4 N–H and O–H groups in total. The second-order valence-corrected chi connectivity index (χ2v) is 6.26. The first-order valence-corrected chi connectivity index (χ1v) is 7.70. The smallest absolute Gasteiger partial charge is 0.271 e. The van der Waals surface area contributed by atoms with E-state index in [1.54, 1.807) is 11.3 Å². The van der Waals surface area contributed by atoms with Gasteiger partial charge >= 0.3 is 0 Å². The van der Waals surface area contributed by atoms with Crippen molar-refractivity contribution in [3.8, 4) is 0 Å². The topological polar surface area (TPSA) is 73.3 Å². The number of fused-ring (bicyclic) bond motifs is 2. The first kappa shape index (κ1) is 14.6. The van der Waals surface area contributed by atoms with Crippen LogP contribution in [-0.2, 0) is 0 Å². The normalized spacial score (nSPS) is 16.2. The molecule has 1 aromatic carbocycles. The van der Waals surface area contributed by atoms with Crippen LogP contribution in [0.25, 0.3) is 11.9 Å². The van der Waals surface area contributed by atoms with Gasteiger partial charge in [-0.3, -0.25) is 0 Å². The average Bonchev–Trinajstić information content (AvgIpc) is 3.03. The van der Waals surface area contributed by atoms with Gasteiger partial charge in [-0.2, -0.15) is 0 Å². The van der Waals surface area contributed by atoms with E-state index in [-0.39, 0.29) is 5.48 Å². The highest BCUT2D eigenvalue weighted by atomic mass is 32.1. The van der Waals surface area contributed by atoms with Crippen molar-refractivity contribution in [2.45, 2.75) is 6.92 Å². The van der Waals surface area contributed by atoms with Gasteiger partial charge in [0, 0.05) is 23.7 Å². The van der Waals surface area contributed by atoms with E-state index in [0.29, 0.717) is 5.88 Å². The quantitative estimate of drug-likeness (QED) is 0.747. The third-order valence-electron chi connectivity index (χ3n) is 3.84. The predicted molar refractivity (Wildman–Crippen MR) is 86.4 cm³/mol. The van der Waals surface area contributed by atoms with Crippen molar-refractivity contribution >= 4 is 28.2 Å². The van der Waals surface area contributed by atoms with Gasteiger partial charge < -0.3 is 15.5 Å². The summed E-state index contributed by atoms with van der Waals surface area (Å²) in [4.78, 5) is 1.99. The van der Waals surface area contributed by atoms with Gasteiger partial charge in [-0.15, -0.1) is 16.3 Å². The van der Waals surface area contributed by atoms with Gasteiger partial charge in [0.25, 0.3) is 5.88 Å². The number of quaternary nitrogens is 1. The minimum absolute atomic E-state index is 0. The number of rotatable bonds is 1. The molecule has 0 bridgehead atoms. The summed E-state index contributed by atoms with van der Waals surface area (Å²) in [6.07, 6.45) is 2.06. The number of aliphatic hydroxyl groups is 1. The molecular formula is C16H17N3O2S. The Bertz CT molecular complexity index is 885. The molecule has 6 heteroatoms. The molecule has 2 aliphatic rings. The van der Waals surface area contributed by atoms with Crippen molar-refractivity contribution < 1.29 is 16.0 Å². The second kappa shape index (κ2) is 5.17. The van der Waals surface area contributed by atoms with Gasteiger partial charge in [-0.05, 0) is 30.0 Å². The van der Waals surface area contributed by atoms with Gasteiger partial charge in [0.2, 0.25) is 0 Å². The molecule has 0 amide bonds. The molecule has 0 fully saturated rings. The fraction of sp³-hybridized carbons (Fsp3) is 0.125. The Morgan fingerprint density at radius 1 is 1.23 bits per heavy atom. The summed E-state index contributed by atoms with van der Waals surface area (Å²) in [5, 5.41) is 18.0. The second-order valence-electron chi connectivity index (χ2n) is 5.37. The number of likely N-dealkylation sites (N-methyl/N-ethyl adjacent to an activating group) is 1. The summed E-state index contributed by atoms with van der Waals surface area (Å²) >= 11 is 1.64. The molecule has 4 rings (SSSR count). The maximum atomic E-state index is 10.6. The van der Waals surface area contributed by atoms with E-state index in [1.165, 1.54) is 10.8 Å². The van der Waals surface area contributed by atoms with Crippen LogP contribution in [0, 0.1) is 6.92 Å². The van der Waals surface area contributed by atoms with Gasteiger partial charge in [-0.1, -0.05) is 18.2 Å². The highest BCUT2D eigenvalue weighted by Crippen LogP contribution is 2.29. The van der Waals surface area contributed by atoms with Crippen molar-refractivity contribution in [3.05, 3.63) is 63.3 Å². The lowest BCUT2D eigenvalue weighted by Crippen LogP contribution is -2.90. The van der Waals surface area contributed by atoms with Crippen LogP contribution in [0.2, 0.25) is 0 Å². The third-order valence-corrected chi connectivity index (χ3v) is 4.89. The number of thiophene rings is 1. The Hall–Kier alpha value is -2.28. The molecule has 0 aliphatic carbocycles. The van der Waals surface area contributed by atoms with Crippen LogP contribution in [0.4, 0.5) is 5.00 Å². The van der Waals surface area contributed by atoms with Gasteiger partial charge in [0.1, 0.15) is 0 Å². The van der Waals surface area contributed by atoms with E-state index >= 15 is 0 Å².